The first-order chi connectivity index (χ1) is 16.9. The Kier molecular flexibility index (Phi) is 5.57. The highest BCUT2D eigenvalue weighted by Gasteiger charge is 2.33. The molecule has 0 spiro atoms. The van der Waals surface area contributed by atoms with E-state index in [-0.39, 0.29) is 5.69 Å². The van der Waals surface area contributed by atoms with Crippen LogP contribution in [0.15, 0.2) is 85.2 Å². The monoisotopic (exact) mass is 475 g/mol. The first kappa shape index (κ1) is 22.0. The molecule has 0 aliphatic carbocycles. The van der Waals surface area contributed by atoms with Crippen LogP contribution in [0.2, 0.25) is 0 Å². The van der Waals surface area contributed by atoms with Crippen molar-refractivity contribution in [2.24, 2.45) is 0 Å². The van der Waals surface area contributed by atoms with Crippen molar-refractivity contribution in [3.63, 3.8) is 0 Å². The molecular weight excluding hydrogens is 459 g/mol. The Bertz CT molecular complexity index is 1520. The number of fused-ring (bicyclic) bond motifs is 1. The number of rotatable bonds is 4. The van der Waals surface area contributed by atoms with Crippen LogP contribution in [0.1, 0.15) is 5.56 Å². The number of nitrogens with zero attached hydrogens (tertiary/aromatic N) is 5. The van der Waals surface area contributed by atoms with Gasteiger partial charge in [-0.15, -0.1) is 10.2 Å². The van der Waals surface area contributed by atoms with Crippen LogP contribution < -0.4 is 10.6 Å². The van der Waals surface area contributed by atoms with Crippen molar-refractivity contribution in [2.45, 2.75) is 6.18 Å². The number of hydrogen-bond donors (Lipinski definition) is 2. The molecule has 0 atom stereocenters. The molecule has 0 bridgehead atoms. The van der Waals surface area contributed by atoms with Gasteiger partial charge in [-0.25, -0.2) is 4.79 Å². The molecule has 2 N–H and O–H groups in total. The lowest BCUT2D eigenvalue weighted by molar-refractivity contribution is -0.136. The Balaban J connectivity index is 1.39. The molecule has 35 heavy (non-hydrogen) atoms. The Morgan fingerprint density at radius 2 is 1.69 bits per heavy atom. The number of anilines is 2. The zero-order valence-corrected chi connectivity index (χ0v) is 17.9. The smallest absolute Gasteiger partial charge is 0.308 e. The van der Waals surface area contributed by atoms with Crippen molar-refractivity contribution in [2.75, 3.05) is 10.6 Å². The summed E-state index contributed by atoms with van der Waals surface area (Å²) < 4.78 is 41.2. The van der Waals surface area contributed by atoms with Crippen molar-refractivity contribution in [1.29, 1.82) is 0 Å². The maximum atomic E-state index is 13.2. The van der Waals surface area contributed by atoms with Gasteiger partial charge in [0.25, 0.3) is 0 Å². The van der Waals surface area contributed by atoms with Crippen molar-refractivity contribution >= 4 is 23.1 Å². The summed E-state index contributed by atoms with van der Waals surface area (Å²) >= 11 is 0. The molecule has 5 rings (SSSR count). The summed E-state index contributed by atoms with van der Waals surface area (Å²) in [4.78, 5) is 16.5. The van der Waals surface area contributed by atoms with Gasteiger partial charge in [0.2, 0.25) is 0 Å². The summed E-state index contributed by atoms with van der Waals surface area (Å²) in [5.74, 6) is 0.520. The fourth-order valence-electron chi connectivity index (χ4n) is 3.50. The van der Waals surface area contributed by atoms with Crippen LogP contribution in [-0.4, -0.2) is 30.8 Å². The second-order valence-electron chi connectivity index (χ2n) is 7.46. The molecule has 11 heteroatoms. The first-order valence-corrected chi connectivity index (χ1v) is 10.4. The minimum atomic E-state index is -4.59. The maximum absolute atomic E-state index is 13.2. The summed E-state index contributed by atoms with van der Waals surface area (Å²) in [7, 11) is 0. The molecule has 3 heterocycles. The predicted octanol–water partition coefficient (Wildman–Crippen LogP) is 5.52. The van der Waals surface area contributed by atoms with E-state index in [0.29, 0.717) is 28.4 Å². The normalized spacial score (nSPS) is 11.4. The number of nitrogens with one attached hydrogen (secondary N) is 2. The van der Waals surface area contributed by atoms with Gasteiger partial charge >= 0.3 is 12.2 Å². The summed E-state index contributed by atoms with van der Waals surface area (Å²) in [6, 6.07) is 17.9. The molecule has 2 aromatic carbocycles. The van der Waals surface area contributed by atoms with Gasteiger partial charge in [-0.1, -0.05) is 24.3 Å². The van der Waals surface area contributed by atoms with E-state index >= 15 is 0 Å². The zero-order valence-electron chi connectivity index (χ0n) is 17.9. The van der Waals surface area contributed by atoms with Gasteiger partial charge in [-0.3, -0.25) is 4.98 Å². The number of pyridine rings is 1. The van der Waals surface area contributed by atoms with E-state index in [1.807, 2.05) is 6.07 Å². The molecule has 0 aliphatic heterocycles. The first-order valence-electron chi connectivity index (χ1n) is 10.4. The van der Waals surface area contributed by atoms with Crippen LogP contribution in [0.25, 0.3) is 28.3 Å². The number of halogens is 3. The van der Waals surface area contributed by atoms with E-state index in [0.717, 1.165) is 11.6 Å². The molecule has 5 aromatic rings. The van der Waals surface area contributed by atoms with Crippen molar-refractivity contribution in [3.8, 4) is 22.6 Å². The van der Waals surface area contributed by atoms with Gasteiger partial charge in [-0.05, 0) is 48.5 Å². The van der Waals surface area contributed by atoms with Gasteiger partial charge in [0.15, 0.2) is 11.5 Å². The van der Waals surface area contributed by atoms with Crippen molar-refractivity contribution < 1.29 is 18.0 Å². The molecule has 2 amide bonds. The summed E-state index contributed by atoms with van der Waals surface area (Å²) in [5.41, 5.74) is 1.65. The van der Waals surface area contributed by atoms with Gasteiger partial charge in [0.05, 0.1) is 16.9 Å². The minimum absolute atomic E-state index is 0.337. The quantitative estimate of drug-likeness (QED) is 0.357. The molecule has 0 saturated heterocycles. The Hall–Kier alpha value is -4.80. The number of alkyl halides is 3. The molecular formula is C24H16F3N7O. The maximum Gasteiger partial charge on any atom is 0.418 e. The molecule has 0 aliphatic rings. The van der Waals surface area contributed by atoms with Crippen LogP contribution in [0, 0.1) is 0 Å². The topological polar surface area (TPSA) is 97.1 Å². The van der Waals surface area contributed by atoms with Crippen LogP contribution in [0.3, 0.4) is 0 Å². The SMILES string of the molecule is O=C(Nc1cccc(-c2ccc3nnc(-c4cccnc4)n3n2)c1)Nc1ccccc1C(F)(F)F. The van der Waals surface area contributed by atoms with Crippen LogP contribution in [-0.2, 0) is 6.18 Å². The fraction of sp³-hybridized carbons (Fsp3) is 0.0417. The van der Waals surface area contributed by atoms with E-state index in [1.165, 1.54) is 18.2 Å². The summed E-state index contributed by atoms with van der Waals surface area (Å²) in [6.45, 7) is 0. The fourth-order valence-corrected chi connectivity index (χ4v) is 3.50. The largest absolute Gasteiger partial charge is 0.418 e. The third-order valence-corrected chi connectivity index (χ3v) is 5.08. The molecule has 8 nitrogen and oxygen atoms in total. The van der Waals surface area contributed by atoms with E-state index in [1.54, 1.807) is 59.4 Å². The second kappa shape index (κ2) is 8.86. The standard InChI is InChI=1S/C24H16F3N7O/c25-24(26,27)18-8-1-2-9-20(18)30-23(35)29-17-7-3-5-15(13-17)19-10-11-21-31-32-22(34(21)33-19)16-6-4-12-28-14-16/h1-14H,(H2,29,30,35). The third-order valence-electron chi connectivity index (χ3n) is 5.08. The highest BCUT2D eigenvalue weighted by atomic mass is 19.4. The number of amides is 2. The molecule has 0 saturated carbocycles. The van der Waals surface area contributed by atoms with Gasteiger partial charge < -0.3 is 10.6 Å². The number of benzene rings is 2. The van der Waals surface area contributed by atoms with Crippen molar-refractivity contribution in [1.82, 2.24) is 24.8 Å². The number of carbonyl (C=O) groups is 1. The van der Waals surface area contributed by atoms with Gasteiger partial charge in [0, 0.05) is 29.2 Å². The van der Waals surface area contributed by atoms with E-state index in [2.05, 4.69) is 30.9 Å². The van der Waals surface area contributed by atoms with E-state index in [4.69, 9.17) is 0 Å². The molecule has 0 radical (unpaired) electrons. The lowest BCUT2D eigenvalue weighted by Crippen LogP contribution is -2.21. The predicted molar refractivity (Wildman–Crippen MR) is 124 cm³/mol. The Morgan fingerprint density at radius 1 is 0.857 bits per heavy atom. The van der Waals surface area contributed by atoms with E-state index < -0.39 is 17.8 Å². The molecule has 0 fully saturated rings. The van der Waals surface area contributed by atoms with Crippen molar-refractivity contribution in [3.05, 3.63) is 90.8 Å². The Labute approximate surface area is 196 Å². The van der Waals surface area contributed by atoms with Gasteiger partial charge in [0.1, 0.15) is 0 Å². The molecule has 3 aromatic heterocycles. The average Bonchev–Trinajstić information content (AvgIpc) is 3.28. The van der Waals surface area contributed by atoms with Crippen LogP contribution in [0.4, 0.5) is 29.3 Å². The highest BCUT2D eigenvalue weighted by molar-refractivity contribution is 6.00. The molecule has 174 valence electrons. The van der Waals surface area contributed by atoms with Gasteiger partial charge in [-0.2, -0.15) is 22.8 Å². The number of hydrogen-bond acceptors (Lipinski definition) is 5. The zero-order chi connectivity index (χ0) is 24.4. The number of urea groups is 1. The summed E-state index contributed by atoms with van der Waals surface area (Å²) in [5, 5.41) is 17.8. The lowest BCUT2D eigenvalue weighted by Gasteiger charge is -2.14. The van der Waals surface area contributed by atoms with E-state index in [9.17, 15) is 18.0 Å². The Morgan fingerprint density at radius 3 is 2.49 bits per heavy atom. The lowest BCUT2D eigenvalue weighted by atomic mass is 10.1. The highest BCUT2D eigenvalue weighted by Crippen LogP contribution is 2.34. The van der Waals surface area contributed by atoms with Crippen LogP contribution in [0.5, 0.6) is 0 Å². The number of carbonyl (C=O) groups excluding carboxylic acids is 1. The van der Waals surface area contributed by atoms with Crippen LogP contribution >= 0.6 is 0 Å². The minimum Gasteiger partial charge on any atom is -0.308 e. The molecule has 0 unspecified atom stereocenters. The second-order valence-corrected chi connectivity index (χ2v) is 7.46. The third kappa shape index (κ3) is 4.64. The number of para-hydroxylation sites is 1. The average molecular weight is 475 g/mol. The number of aromatic nitrogens is 5. The summed E-state index contributed by atoms with van der Waals surface area (Å²) in [6.07, 6.45) is -1.28.